The van der Waals surface area contributed by atoms with Crippen LogP contribution in [0, 0.1) is 0 Å². The molecule has 0 bridgehead atoms. The number of carbonyl (C=O) groups is 1. The molecule has 1 atom stereocenters. The van der Waals surface area contributed by atoms with Gasteiger partial charge in [-0.1, -0.05) is 36.7 Å². The molecule has 0 aliphatic heterocycles. The van der Waals surface area contributed by atoms with Gasteiger partial charge in [0.05, 0.1) is 6.10 Å². The number of aldehydes is 1. The van der Waals surface area contributed by atoms with E-state index in [1.807, 2.05) is 13.0 Å². The summed E-state index contributed by atoms with van der Waals surface area (Å²) in [5, 5.41) is 0.169. The lowest BCUT2D eigenvalue weighted by Gasteiger charge is -2.38. The van der Waals surface area contributed by atoms with Gasteiger partial charge in [-0.15, -0.1) is 0 Å². The summed E-state index contributed by atoms with van der Waals surface area (Å²) in [5.74, 6) is 0. The third-order valence-electron chi connectivity index (χ3n) is 3.00. The van der Waals surface area contributed by atoms with E-state index >= 15 is 0 Å². The summed E-state index contributed by atoms with van der Waals surface area (Å²) in [6.07, 6.45) is 3.21. The molecule has 0 fully saturated rings. The zero-order valence-corrected chi connectivity index (χ0v) is 13.7. The Bertz CT molecular complexity index is 263. The minimum absolute atomic E-state index is 0.0993. The maximum absolute atomic E-state index is 10.6. The summed E-state index contributed by atoms with van der Waals surface area (Å²) in [7, 11) is -1.80. The number of allylic oxidation sites excluding steroid dienone is 1. The van der Waals surface area contributed by atoms with Gasteiger partial charge in [0.1, 0.15) is 6.29 Å². The predicted molar refractivity (Wildman–Crippen MR) is 75.4 cm³/mol. The van der Waals surface area contributed by atoms with Gasteiger partial charge >= 0.3 is 0 Å². The molecule has 0 aliphatic carbocycles. The van der Waals surface area contributed by atoms with E-state index < -0.39 is 8.32 Å². The van der Waals surface area contributed by atoms with Crippen molar-refractivity contribution in [3.63, 3.8) is 0 Å². The van der Waals surface area contributed by atoms with Crippen LogP contribution >= 0.6 is 15.9 Å². The van der Waals surface area contributed by atoms with Gasteiger partial charge in [0, 0.05) is 6.42 Å². The summed E-state index contributed by atoms with van der Waals surface area (Å²) in [6, 6.07) is 0. The van der Waals surface area contributed by atoms with Crippen LogP contribution in [-0.2, 0) is 9.22 Å². The van der Waals surface area contributed by atoms with Crippen LogP contribution in [0.4, 0.5) is 0 Å². The molecule has 0 saturated carbocycles. The van der Waals surface area contributed by atoms with Gasteiger partial charge in [0.25, 0.3) is 0 Å². The molecule has 0 saturated heterocycles. The Morgan fingerprint density at radius 2 is 1.94 bits per heavy atom. The Morgan fingerprint density at radius 3 is 2.25 bits per heavy atom. The van der Waals surface area contributed by atoms with Crippen LogP contribution in [0.3, 0.4) is 0 Å². The molecule has 0 aromatic carbocycles. The number of hydrogen-bond donors (Lipinski definition) is 0. The van der Waals surface area contributed by atoms with Crippen molar-refractivity contribution in [1.29, 1.82) is 0 Å². The predicted octanol–water partition coefficient (Wildman–Crippen LogP) is 4.26. The SMILES string of the molecule is C/C(Br)=C\[C@H](CC=O)O[Si](C)(C)C(C)(C)C. The first-order chi connectivity index (χ1) is 7.10. The molecule has 0 unspecified atom stereocenters. The van der Waals surface area contributed by atoms with Crippen molar-refractivity contribution in [1.82, 2.24) is 0 Å². The molecule has 0 aromatic rings. The Hall–Kier alpha value is 0.0669. The van der Waals surface area contributed by atoms with Crippen LogP contribution in [-0.4, -0.2) is 20.7 Å². The second kappa shape index (κ2) is 6.12. The van der Waals surface area contributed by atoms with Crippen LogP contribution in [0.2, 0.25) is 18.1 Å². The second-order valence-electron chi connectivity index (χ2n) is 5.57. The molecule has 94 valence electrons. The minimum atomic E-state index is -1.80. The number of rotatable bonds is 5. The van der Waals surface area contributed by atoms with Gasteiger partial charge in [-0.25, -0.2) is 0 Å². The average Bonchev–Trinajstić information content (AvgIpc) is 1.99. The van der Waals surface area contributed by atoms with Crippen molar-refractivity contribution < 1.29 is 9.22 Å². The van der Waals surface area contributed by atoms with E-state index in [9.17, 15) is 4.79 Å². The van der Waals surface area contributed by atoms with Crippen molar-refractivity contribution in [2.24, 2.45) is 0 Å². The smallest absolute Gasteiger partial charge is 0.192 e. The minimum Gasteiger partial charge on any atom is -0.410 e. The summed E-state index contributed by atoms with van der Waals surface area (Å²) in [4.78, 5) is 10.6. The fourth-order valence-corrected chi connectivity index (χ4v) is 2.63. The van der Waals surface area contributed by atoms with Crippen molar-refractivity contribution in [3.8, 4) is 0 Å². The van der Waals surface area contributed by atoms with E-state index in [1.54, 1.807) is 0 Å². The van der Waals surface area contributed by atoms with Gasteiger partial charge in [0.2, 0.25) is 0 Å². The Morgan fingerprint density at radius 1 is 1.44 bits per heavy atom. The first-order valence-corrected chi connectivity index (χ1v) is 9.25. The van der Waals surface area contributed by atoms with E-state index in [-0.39, 0.29) is 11.1 Å². The van der Waals surface area contributed by atoms with Gasteiger partial charge in [-0.3, -0.25) is 0 Å². The molecule has 4 heteroatoms. The molecule has 16 heavy (non-hydrogen) atoms. The van der Waals surface area contributed by atoms with Crippen LogP contribution in [0.1, 0.15) is 34.1 Å². The summed E-state index contributed by atoms with van der Waals surface area (Å²) < 4.78 is 7.17. The zero-order chi connectivity index (χ0) is 13.0. The summed E-state index contributed by atoms with van der Waals surface area (Å²) >= 11 is 3.38. The monoisotopic (exact) mass is 306 g/mol. The van der Waals surface area contributed by atoms with Gasteiger partial charge in [0.15, 0.2) is 8.32 Å². The molecular weight excluding hydrogens is 284 g/mol. The lowest BCUT2D eigenvalue weighted by molar-refractivity contribution is -0.108. The van der Waals surface area contributed by atoms with Gasteiger partial charge in [-0.05, 0) is 35.6 Å². The fraction of sp³-hybridized carbons (Fsp3) is 0.750. The lowest BCUT2D eigenvalue weighted by atomic mass is 10.2. The normalized spacial score (nSPS) is 16.1. The zero-order valence-electron chi connectivity index (χ0n) is 11.1. The van der Waals surface area contributed by atoms with Gasteiger partial charge < -0.3 is 9.22 Å². The van der Waals surface area contributed by atoms with Crippen LogP contribution < -0.4 is 0 Å². The van der Waals surface area contributed by atoms with Crippen LogP contribution in [0.25, 0.3) is 0 Å². The quantitative estimate of drug-likeness (QED) is 0.560. The molecule has 0 aromatic heterocycles. The third kappa shape index (κ3) is 5.41. The molecule has 0 spiro atoms. The average molecular weight is 307 g/mol. The van der Waals surface area contributed by atoms with E-state index in [4.69, 9.17) is 4.43 Å². The van der Waals surface area contributed by atoms with E-state index in [0.29, 0.717) is 6.42 Å². The highest BCUT2D eigenvalue weighted by atomic mass is 79.9. The topological polar surface area (TPSA) is 26.3 Å². The lowest BCUT2D eigenvalue weighted by Crippen LogP contribution is -2.43. The van der Waals surface area contributed by atoms with Crippen molar-refractivity contribution >= 4 is 30.5 Å². The molecule has 0 amide bonds. The van der Waals surface area contributed by atoms with E-state index in [1.165, 1.54) is 0 Å². The van der Waals surface area contributed by atoms with Crippen LogP contribution in [0.15, 0.2) is 10.6 Å². The number of hydrogen-bond acceptors (Lipinski definition) is 2. The molecule has 0 heterocycles. The molecule has 0 aliphatic rings. The van der Waals surface area contributed by atoms with Crippen molar-refractivity contribution in [3.05, 3.63) is 10.6 Å². The third-order valence-corrected chi connectivity index (χ3v) is 7.76. The highest BCUT2D eigenvalue weighted by molar-refractivity contribution is 9.11. The molecule has 0 N–H and O–H groups in total. The molecule has 0 radical (unpaired) electrons. The Labute approximate surface area is 109 Å². The van der Waals surface area contributed by atoms with Gasteiger partial charge in [-0.2, -0.15) is 0 Å². The Kier molecular flexibility index (Phi) is 6.15. The van der Waals surface area contributed by atoms with Crippen LogP contribution in [0.5, 0.6) is 0 Å². The highest BCUT2D eigenvalue weighted by Crippen LogP contribution is 2.37. The molecule has 2 nitrogen and oxygen atoms in total. The van der Waals surface area contributed by atoms with Crippen molar-refractivity contribution in [2.45, 2.75) is 58.4 Å². The maximum atomic E-state index is 10.6. The summed E-state index contributed by atoms with van der Waals surface area (Å²) in [5.41, 5.74) is 0. The largest absolute Gasteiger partial charge is 0.410 e. The van der Waals surface area contributed by atoms with E-state index in [0.717, 1.165) is 10.8 Å². The number of halogens is 1. The van der Waals surface area contributed by atoms with Crippen molar-refractivity contribution in [2.75, 3.05) is 0 Å². The fourth-order valence-electron chi connectivity index (χ4n) is 1.06. The number of carbonyl (C=O) groups excluding carboxylic acids is 1. The summed E-state index contributed by atoms with van der Waals surface area (Å²) in [6.45, 7) is 12.9. The molecule has 0 rings (SSSR count). The second-order valence-corrected chi connectivity index (χ2v) is 11.6. The maximum Gasteiger partial charge on any atom is 0.192 e. The Balaban J connectivity index is 4.75. The first kappa shape index (κ1) is 16.1. The van der Waals surface area contributed by atoms with E-state index in [2.05, 4.69) is 49.8 Å². The highest BCUT2D eigenvalue weighted by Gasteiger charge is 2.38. The standard InChI is InChI=1S/C12H23BrO2Si/c1-10(13)9-11(7-8-14)15-16(5,6)12(2,3)4/h8-9,11H,7H2,1-6H3/b10-9+/t11-/m0/s1. The molecular formula is C12H23BrO2Si. The first-order valence-electron chi connectivity index (χ1n) is 5.55.